The third-order valence-electron chi connectivity index (χ3n) is 1.56. The number of fused-ring (bicyclic) bond motifs is 1. The molecule has 0 saturated heterocycles. The van der Waals surface area contributed by atoms with Crippen LogP contribution in [0.4, 0.5) is 0 Å². The second-order valence-corrected chi connectivity index (χ2v) is 3.22. The highest BCUT2D eigenvalue weighted by atomic mass is 79.9. The Bertz CT molecular complexity index is 389. The van der Waals surface area contributed by atoms with Gasteiger partial charge < -0.3 is 4.42 Å². The van der Waals surface area contributed by atoms with Gasteiger partial charge in [-0.1, -0.05) is 22.0 Å². The Hall–Kier alpha value is -0.760. The molecule has 1 aromatic heterocycles. The fourth-order valence-electron chi connectivity index (χ4n) is 1.08. The Morgan fingerprint density at radius 2 is 2.18 bits per heavy atom. The zero-order valence-corrected chi connectivity index (χ0v) is 7.39. The predicted octanol–water partition coefficient (Wildman–Crippen LogP) is 3.38. The largest absolute Gasteiger partial charge is 0.461 e. The minimum Gasteiger partial charge on any atom is -0.461 e. The minimum absolute atomic E-state index is 0.701. The Balaban J connectivity index is 2.90. The molecule has 1 radical (unpaired) electrons. The minimum atomic E-state index is 0.701. The average Bonchev–Trinajstić information content (AvgIpc) is 2.31. The summed E-state index contributed by atoms with van der Waals surface area (Å²) in [7, 11) is 0. The van der Waals surface area contributed by atoms with Gasteiger partial charge in [-0.05, 0) is 18.2 Å². The summed E-state index contributed by atoms with van der Waals surface area (Å²) in [6.45, 7) is 3.71. The Morgan fingerprint density at radius 1 is 1.36 bits per heavy atom. The lowest BCUT2D eigenvalue weighted by Crippen LogP contribution is -1.63. The molecular formula is C9H6BrO. The Kier molecular flexibility index (Phi) is 1.50. The van der Waals surface area contributed by atoms with Gasteiger partial charge in [-0.25, -0.2) is 0 Å². The van der Waals surface area contributed by atoms with Crippen molar-refractivity contribution in [3.8, 4) is 0 Å². The maximum atomic E-state index is 5.31. The first-order valence-electron chi connectivity index (χ1n) is 3.27. The van der Waals surface area contributed by atoms with Crippen molar-refractivity contribution in [3.05, 3.63) is 41.4 Å². The topological polar surface area (TPSA) is 13.1 Å². The number of hydrogen-bond acceptors (Lipinski definition) is 1. The van der Waals surface area contributed by atoms with Gasteiger partial charge >= 0.3 is 0 Å². The zero-order chi connectivity index (χ0) is 7.84. The number of benzene rings is 1. The predicted molar refractivity (Wildman–Crippen MR) is 48.4 cm³/mol. The second kappa shape index (κ2) is 2.38. The fourth-order valence-corrected chi connectivity index (χ4v) is 1.54. The van der Waals surface area contributed by atoms with E-state index in [1.165, 1.54) is 0 Å². The molecule has 0 atom stereocenters. The molecule has 55 valence electrons. The maximum Gasteiger partial charge on any atom is 0.135 e. The van der Waals surface area contributed by atoms with Crippen LogP contribution in [0, 0.1) is 6.92 Å². The average molecular weight is 210 g/mol. The SMILES string of the molecule is [CH2]c1cc2c(Br)cccc2o1. The van der Waals surface area contributed by atoms with Crippen molar-refractivity contribution in [2.24, 2.45) is 0 Å². The molecule has 2 heteroatoms. The van der Waals surface area contributed by atoms with Crippen LogP contribution in [0.25, 0.3) is 11.0 Å². The van der Waals surface area contributed by atoms with E-state index in [4.69, 9.17) is 4.42 Å². The molecule has 0 N–H and O–H groups in total. The molecule has 0 unspecified atom stereocenters. The van der Waals surface area contributed by atoms with Crippen LogP contribution in [-0.2, 0) is 0 Å². The Morgan fingerprint density at radius 3 is 2.91 bits per heavy atom. The summed E-state index contributed by atoms with van der Waals surface area (Å²) in [4.78, 5) is 0. The van der Waals surface area contributed by atoms with Crippen molar-refractivity contribution in [2.45, 2.75) is 0 Å². The third kappa shape index (κ3) is 1.07. The summed E-state index contributed by atoms with van der Waals surface area (Å²) in [6, 6.07) is 7.76. The van der Waals surface area contributed by atoms with Crippen molar-refractivity contribution < 1.29 is 4.42 Å². The highest BCUT2D eigenvalue weighted by Crippen LogP contribution is 2.26. The quantitative estimate of drug-likeness (QED) is 0.649. The van der Waals surface area contributed by atoms with Crippen molar-refractivity contribution in [2.75, 3.05) is 0 Å². The van der Waals surface area contributed by atoms with Gasteiger partial charge in [-0.3, -0.25) is 0 Å². The molecule has 2 rings (SSSR count). The van der Waals surface area contributed by atoms with Crippen LogP contribution in [0.1, 0.15) is 5.76 Å². The number of furan rings is 1. The van der Waals surface area contributed by atoms with E-state index in [9.17, 15) is 0 Å². The van der Waals surface area contributed by atoms with E-state index < -0.39 is 0 Å². The molecule has 0 amide bonds. The van der Waals surface area contributed by atoms with Crippen molar-refractivity contribution in [1.29, 1.82) is 0 Å². The summed E-state index contributed by atoms with van der Waals surface area (Å²) in [5.41, 5.74) is 0.879. The molecule has 0 fully saturated rings. The maximum absolute atomic E-state index is 5.31. The molecule has 0 aliphatic rings. The molecule has 0 saturated carbocycles. The van der Waals surface area contributed by atoms with Gasteiger partial charge in [0.25, 0.3) is 0 Å². The number of hydrogen-bond donors (Lipinski definition) is 0. The lowest BCUT2D eigenvalue weighted by Gasteiger charge is -1.88. The van der Waals surface area contributed by atoms with Gasteiger partial charge in [0.05, 0.1) is 0 Å². The highest BCUT2D eigenvalue weighted by molar-refractivity contribution is 9.10. The van der Waals surface area contributed by atoms with Crippen molar-refractivity contribution >= 4 is 26.9 Å². The second-order valence-electron chi connectivity index (χ2n) is 2.36. The van der Waals surface area contributed by atoms with Crippen LogP contribution in [0.5, 0.6) is 0 Å². The van der Waals surface area contributed by atoms with Gasteiger partial charge in [0.2, 0.25) is 0 Å². The number of halogens is 1. The summed E-state index contributed by atoms with van der Waals surface area (Å²) in [5.74, 6) is 0.701. The van der Waals surface area contributed by atoms with E-state index in [1.807, 2.05) is 24.3 Å². The Labute approximate surface area is 73.1 Å². The molecule has 2 aromatic rings. The first-order chi connectivity index (χ1) is 5.27. The first kappa shape index (κ1) is 6.92. The van der Waals surface area contributed by atoms with Crippen LogP contribution in [0.2, 0.25) is 0 Å². The van der Waals surface area contributed by atoms with Crippen molar-refractivity contribution in [3.63, 3.8) is 0 Å². The fraction of sp³-hybridized carbons (Fsp3) is 0. The lowest BCUT2D eigenvalue weighted by molar-refractivity contribution is 0.595. The molecule has 1 heterocycles. The van der Waals surface area contributed by atoms with E-state index in [2.05, 4.69) is 22.9 Å². The van der Waals surface area contributed by atoms with Gasteiger partial charge in [-0.2, -0.15) is 0 Å². The summed E-state index contributed by atoms with van der Waals surface area (Å²) < 4.78 is 6.36. The van der Waals surface area contributed by atoms with Crippen LogP contribution in [-0.4, -0.2) is 0 Å². The lowest BCUT2D eigenvalue weighted by atomic mass is 10.2. The molecule has 0 aliphatic carbocycles. The first-order valence-corrected chi connectivity index (χ1v) is 4.07. The van der Waals surface area contributed by atoms with E-state index in [0.29, 0.717) is 5.76 Å². The smallest absolute Gasteiger partial charge is 0.135 e. The molecule has 0 spiro atoms. The van der Waals surface area contributed by atoms with Crippen molar-refractivity contribution in [1.82, 2.24) is 0 Å². The van der Waals surface area contributed by atoms with Gasteiger partial charge in [0, 0.05) is 16.8 Å². The molecular weight excluding hydrogens is 204 g/mol. The standard InChI is InChI=1S/C9H6BrO/c1-6-5-7-8(10)3-2-4-9(7)11-6/h2-5H,1H2. The monoisotopic (exact) mass is 209 g/mol. The van der Waals surface area contributed by atoms with E-state index in [1.54, 1.807) is 0 Å². The van der Waals surface area contributed by atoms with Gasteiger partial charge in [0.15, 0.2) is 0 Å². The molecule has 1 nitrogen and oxygen atoms in total. The normalized spacial score (nSPS) is 10.7. The van der Waals surface area contributed by atoms with Gasteiger partial charge in [0.1, 0.15) is 11.3 Å². The molecule has 0 bridgehead atoms. The van der Waals surface area contributed by atoms with Crippen LogP contribution < -0.4 is 0 Å². The molecule has 1 aromatic carbocycles. The van der Waals surface area contributed by atoms with Crippen LogP contribution in [0.15, 0.2) is 33.2 Å². The summed E-state index contributed by atoms with van der Waals surface area (Å²) in [5, 5.41) is 1.08. The highest BCUT2D eigenvalue weighted by Gasteiger charge is 2.01. The van der Waals surface area contributed by atoms with Crippen LogP contribution in [0.3, 0.4) is 0 Å². The van der Waals surface area contributed by atoms with E-state index in [-0.39, 0.29) is 0 Å². The van der Waals surface area contributed by atoms with E-state index in [0.717, 1.165) is 15.4 Å². The van der Waals surface area contributed by atoms with Gasteiger partial charge in [-0.15, -0.1) is 0 Å². The van der Waals surface area contributed by atoms with E-state index >= 15 is 0 Å². The summed E-state index contributed by atoms with van der Waals surface area (Å²) in [6.07, 6.45) is 0. The number of rotatable bonds is 0. The van der Waals surface area contributed by atoms with Crippen LogP contribution >= 0.6 is 15.9 Å². The third-order valence-corrected chi connectivity index (χ3v) is 2.25. The summed E-state index contributed by atoms with van der Waals surface area (Å²) >= 11 is 3.42. The molecule has 11 heavy (non-hydrogen) atoms. The molecule has 0 aliphatic heterocycles. The zero-order valence-electron chi connectivity index (χ0n) is 5.80.